The summed E-state index contributed by atoms with van der Waals surface area (Å²) in [5, 5.41) is 0. The lowest BCUT2D eigenvalue weighted by Gasteiger charge is -2.37. The third-order valence-corrected chi connectivity index (χ3v) is 7.40. The molecule has 0 radical (unpaired) electrons. The van der Waals surface area contributed by atoms with Gasteiger partial charge in [0.05, 0.1) is 23.6 Å². The first kappa shape index (κ1) is 20.4. The van der Waals surface area contributed by atoms with Crippen LogP contribution in [0.3, 0.4) is 0 Å². The van der Waals surface area contributed by atoms with Crippen molar-refractivity contribution in [3.8, 4) is 11.3 Å². The Bertz CT molecular complexity index is 963. The fourth-order valence-corrected chi connectivity index (χ4v) is 5.80. The van der Waals surface area contributed by atoms with Crippen molar-refractivity contribution in [1.29, 1.82) is 0 Å². The van der Waals surface area contributed by atoms with E-state index < -0.39 is 21.6 Å². The maximum absolute atomic E-state index is 12.9. The molecule has 1 aromatic carbocycles. The van der Waals surface area contributed by atoms with E-state index in [0.717, 1.165) is 38.3 Å². The molecule has 2 saturated heterocycles. The van der Waals surface area contributed by atoms with Gasteiger partial charge in [0.1, 0.15) is 11.5 Å². The second-order valence-electron chi connectivity index (χ2n) is 7.71. The number of hydrogen-bond acceptors (Lipinski definition) is 5. The Kier molecular flexibility index (Phi) is 5.48. The molecule has 0 spiro atoms. The number of hydrogen-bond donors (Lipinski definition) is 0. The van der Waals surface area contributed by atoms with Crippen LogP contribution in [0.4, 0.5) is 13.2 Å². The van der Waals surface area contributed by atoms with Crippen LogP contribution in [-0.2, 0) is 22.6 Å². The summed E-state index contributed by atoms with van der Waals surface area (Å²) in [4.78, 5) is 4.46. The zero-order valence-corrected chi connectivity index (χ0v) is 16.7. The fraction of sp³-hybridized carbons (Fsp3) is 0.500. The van der Waals surface area contributed by atoms with E-state index in [4.69, 9.17) is 4.42 Å². The zero-order valence-electron chi connectivity index (χ0n) is 15.9. The first-order valence-electron chi connectivity index (χ1n) is 9.63. The number of rotatable bonds is 4. The van der Waals surface area contributed by atoms with E-state index >= 15 is 0 Å². The minimum absolute atomic E-state index is 0.123. The lowest BCUT2D eigenvalue weighted by Crippen LogP contribution is -2.50. The van der Waals surface area contributed by atoms with E-state index in [-0.39, 0.29) is 17.5 Å². The van der Waals surface area contributed by atoms with Gasteiger partial charge < -0.3 is 4.42 Å². The van der Waals surface area contributed by atoms with Crippen LogP contribution in [0.5, 0.6) is 0 Å². The molecule has 0 aliphatic carbocycles. The summed E-state index contributed by atoms with van der Waals surface area (Å²) in [6.07, 6.45) is -3.68. The molecule has 29 heavy (non-hydrogen) atoms. The van der Waals surface area contributed by atoms with Gasteiger partial charge in [-0.15, -0.1) is 0 Å². The predicted molar refractivity (Wildman–Crippen MR) is 103 cm³/mol. The summed E-state index contributed by atoms with van der Waals surface area (Å²) < 4.78 is 67.9. The Hall–Kier alpha value is -1.84. The molecule has 2 aliphatic rings. The summed E-state index contributed by atoms with van der Waals surface area (Å²) in [7, 11) is -2.88. The van der Waals surface area contributed by atoms with Crippen LogP contribution in [0, 0.1) is 0 Å². The zero-order chi connectivity index (χ0) is 20.6. The number of furan rings is 1. The molecule has 4 rings (SSSR count). The quantitative estimate of drug-likeness (QED) is 0.748. The molecule has 3 heterocycles. The summed E-state index contributed by atoms with van der Waals surface area (Å²) in [5.41, 5.74) is -0.295. The van der Waals surface area contributed by atoms with Gasteiger partial charge in [-0.3, -0.25) is 9.80 Å². The highest BCUT2D eigenvalue weighted by Crippen LogP contribution is 2.32. The van der Waals surface area contributed by atoms with Gasteiger partial charge in [0.2, 0.25) is 0 Å². The molecular formula is C20H23F3N2O3S. The Balaban J connectivity index is 1.35. The van der Waals surface area contributed by atoms with Crippen molar-refractivity contribution >= 4 is 9.84 Å². The van der Waals surface area contributed by atoms with E-state index in [9.17, 15) is 21.6 Å². The molecule has 1 aromatic heterocycles. The average molecular weight is 428 g/mol. The standard InChI is InChI=1S/C20H23F3N2O3S/c21-20(22,23)16-3-1-2-15(12-16)19-5-4-18(28-19)13-24-7-9-25(10-8-24)17-6-11-29(26,27)14-17/h1-5,12,17H,6-11,13-14H2. The molecule has 0 N–H and O–H groups in total. The summed E-state index contributed by atoms with van der Waals surface area (Å²) in [6.45, 7) is 3.80. The van der Waals surface area contributed by atoms with Gasteiger partial charge in [-0.05, 0) is 30.7 Å². The topological polar surface area (TPSA) is 53.8 Å². The van der Waals surface area contributed by atoms with Crippen LogP contribution < -0.4 is 0 Å². The molecule has 0 bridgehead atoms. The molecule has 2 aromatic rings. The van der Waals surface area contributed by atoms with Crippen LogP contribution in [-0.4, -0.2) is 61.9 Å². The van der Waals surface area contributed by atoms with Crippen molar-refractivity contribution in [1.82, 2.24) is 9.80 Å². The van der Waals surface area contributed by atoms with Crippen molar-refractivity contribution < 1.29 is 26.0 Å². The fourth-order valence-electron chi connectivity index (χ4n) is 4.04. The second kappa shape index (κ2) is 7.77. The maximum atomic E-state index is 12.9. The molecule has 0 saturated carbocycles. The molecule has 5 nitrogen and oxygen atoms in total. The van der Waals surface area contributed by atoms with Gasteiger partial charge in [0.15, 0.2) is 9.84 Å². The van der Waals surface area contributed by atoms with Gasteiger partial charge in [-0.25, -0.2) is 8.42 Å². The minimum Gasteiger partial charge on any atom is -0.460 e. The molecule has 158 valence electrons. The van der Waals surface area contributed by atoms with Crippen molar-refractivity contribution in [2.75, 3.05) is 37.7 Å². The average Bonchev–Trinajstić information content (AvgIpc) is 3.28. The minimum atomic E-state index is -4.39. The van der Waals surface area contributed by atoms with Gasteiger partial charge in [0.25, 0.3) is 0 Å². The summed E-state index contributed by atoms with van der Waals surface area (Å²) in [6, 6.07) is 8.74. The monoisotopic (exact) mass is 428 g/mol. The van der Waals surface area contributed by atoms with Crippen LogP contribution in [0.25, 0.3) is 11.3 Å². The van der Waals surface area contributed by atoms with E-state index in [2.05, 4.69) is 9.80 Å². The van der Waals surface area contributed by atoms with Crippen molar-refractivity contribution in [3.05, 3.63) is 47.7 Å². The van der Waals surface area contributed by atoms with E-state index in [0.29, 0.717) is 30.0 Å². The normalized spacial score (nSPS) is 23.5. The van der Waals surface area contributed by atoms with Gasteiger partial charge in [-0.1, -0.05) is 12.1 Å². The number of alkyl halides is 3. The Labute approximate surface area is 168 Å². The highest BCUT2D eigenvalue weighted by Gasteiger charge is 2.34. The second-order valence-corrected chi connectivity index (χ2v) is 9.94. The Morgan fingerprint density at radius 2 is 1.83 bits per heavy atom. The van der Waals surface area contributed by atoms with E-state index in [1.807, 2.05) is 0 Å². The van der Waals surface area contributed by atoms with Crippen LogP contribution in [0.2, 0.25) is 0 Å². The van der Waals surface area contributed by atoms with Crippen molar-refractivity contribution in [2.24, 2.45) is 0 Å². The van der Waals surface area contributed by atoms with E-state index in [1.165, 1.54) is 6.07 Å². The van der Waals surface area contributed by atoms with Gasteiger partial charge >= 0.3 is 6.18 Å². The smallest absolute Gasteiger partial charge is 0.416 e. The lowest BCUT2D eigenvalue weighted by atomic mass is 10.1. The largest absolute Gasteiger partial charge is 0.460 e. The molecule has 1 atom stereocenters. The molecule has 1 unspecified atom stereocenters. The summed E-state index contributed by atoms with van der Waals surface area (Å²) >= 11 is 0. The molecular weight excluding hydrogens is 405 g/mol. The highest BCUT2D eigenvalue weighted by molar-refractivity contribution is 7.91. The summed E-state index contributed by atoms with van der Waals surface area (Å²) in [5.74, 6) is 1.66. The molecule has 9 heteroatoms. The third-order valence-electron chi connectivity index (χ3n) is 5.65. The lowest BCUT2D eigenvalue weighted by molar-refractivity contribution is -0.137. The SMILES string of the molecule is O=S1(=O)CCC(N2CCN(Cc3ccc(-c4cccc(C(F)(F)F)c4)o3)CC2)C1. The molecule has 2 aliphatic heterocycles. The van der Waals surface area contributed by atoms with Crippen LogP contribution >= 0.6 is 0 Å². The van der Waals surface area contributed by atoms with Gasteiger partial charge in [0, 0.05) is 37.8 Å². The van der Waals surface area contributed by atoms with Crippen molar-refractivity contribution in [3.63, 3.8) is 0 Å². The number of piperazine rings is 1. The van der Waals surface area contributed by atoms with Crippen LogP contribution in [0.1, 0.15) is 17.7 Å². The van der Waals surface area contributed by atoms with Gasteiger partial charge in [-0.2, -0.15) is 13.2 Å². The molecule has 2 fully saturated rings. The molecule has 0 amide bonds. The number of nitrogens with zero attached hydrogens (tertiary/aromatic N) is 2. The number of halogens is 3. The Morgan fingerprint density at radius 3 is 2.48 bits per heavy atom. The first-order chi connectivity index (χ1) is 13.7. The van der Waals surface area contributed by atoms with Crippen LogP contribution in [0.15, 0.2) is 40.8 Å². The third kappa shape index (κ3) is 4.84. The van der Waals surface area contributed by atoms with Crippen molar-refractivity contribution in [2.45, 2.75) is 25.2 Å². The highest BCUT2D eigenvalue weighted by atomic mass is 32.2. The number of sulfone groups is 1. The first-order valence-corrected chi connectivity index (χ1v) is 11.4. The Morgan fingerprint density at radius 1 is 1.07 bits per heavy atom. The maximum Gasteiger partial charge on any atom is 0.416 e. The predicted octanol–water partition coefficient (Wildman–Crippen LogP) is 3.27. The number of benzene rings is 1. The van der Waals surface area contributed by atoms with E-state index in [1.54, 1.807) is 18.2 Å².